The van der Waals surface area contributed by atoms with Crippen molar-refractivity contribution in [2.24, 2.45) is 0 Å². The zero-order chi connectivity index (χ0) is 20.9. The summed E-state index contributed by atoms with van der Waals surface area (Å²) in [6, 6.07) is 7.15. The van der Waals surface area contributed by atoms with Crippen LogP contribution in [0.4, 0.5) is 0 Å². The molecule has 1 aliphatic rings. The standard InChI is InChI=1S/C21H20ClNO5/c1-23-7-6-12(17(27)10-23)19-14(24)8-15(25)20-16(26)9-18(28-21(19)20)11-4-2-3-5-13(11)22/h2-5,8-9,12,17,24-25,27H,6-7,10H2,1H3/i5D. The molecule has 3 aromatic rings. The number of β-amino-alcohol motifs (C(OH)–C–C–N with tert-alkyl or cyclic N) is 1. The summed E-state index contributed by atoms with van der Waals surface area (Å²) in [6.07, 6.45) is -0.233. The van der Waals surface area contributed by atoms with Crippen LogP contribution >= 0.6 is 11.6 Å². The molecule has 0 bridgehead atoms. The van der Waals surface area contributed by atoms with E-state index < -0.39 is 23.2 Å². The van der Waals surface area contributed by atoms with Crippen molar-refractivity contribution in [3.05, 3.63) is 57.2 Å². The van der Waals surface area contributed by atoms with E-state index in [0.29, 0.717) is 25.1 Å². The Hall–Kier alpha value is -2.54. The predicted octanol–water partition coefficient (Wildman–Crippen LogP) is 3.30. The van der Waals surface area contributed by atoms with E-state index in [1.807, 2.05) is 11.9 Å². The van der Waals surface area contributed by atoms with Gasteiger partial charge < -0.3 is 24.6 Å². The van der Waals surface area contributed by atoms with Crippen LogP contribution in [0.2, 0.25) is 5.02 Å². The molecular weight excluding hydrogens is 382 g/mol. The number of piperidine rings is 1. The minimum absolute atomic E-state index is 0.0186. The second-order valence-electron chi connectivity index (χ2n) is 7.13. The smallest absolute Gasteiger partial charge is 0.197 e. The number of hydrogen-bond donors (Lipinski definition) is 3. The fourth-order valence-corrected chi connectivity index (χ4v) is 4.06. The van der Waals surface area contributed by atoms with Crippen molar-refractivity contribution in [3.63, 3.8) is 0 Å². The van der Waals surface area contributed by atoms with Gasteiger partial charge in [0, 0.05) is 35.7 Å². The van der Waals surface area contributed by atoms with Gasteiger partial charge in [0.05, 0.1) is 12.5 Å². The molecule has 1 fully saturated rings. The zero-order valence-corrected chi connectivity index (χ0v) is 15.9. The molecule has 2 aromatic carbocycles. The van der Waals surface area contributed by atoms with E-state index in [-0.39, 0.29) is 39.1 Å². The molecule has 0 aliphatic carbocycles. The molecule has 6 nitrogen and oxygen atoms in total. The Morgan fingerprint density at radius 3 is 2.82 bits per heavy atom. The zero-order valence-electron chi connectivity index (χ0n) is 16.1. The lowest BCUT2D eigenvalue weighted by Crippen LogP contribution is -2.40. The van der Waals surface area contributed by atoms with Crippen LogP contribution < -0.4 is 5.43 Å². The number of halogens is 1. The maximum atomic E-state index is 12.8. The highest BCUT2D eigenvalue weighted by molar-refractivity contribution is 6.33. The number of fused-ring (bicyclic) bond motifs is 1. The Balaban J connectivity index is 2.00. The SMILES string of the molecule is [2H]c1cccc(-c2cc(=O)c3c(O)cc(O)c(C4CCN(C)CC4O)c3o2)c1Cl. The number of phenols is 2. The first-order valence-electron chi connectivity index (χ1n) is 9.42. The van der Waals surface area contributed by atoms with Gasteiger partial charge >= 0.3 is 0 Å². The summed E-state index contributed by atoms with van der Waals surface area (Å²) >= 11 is 6.23. The van der Waals surface area contributed by atoms with Crippen LogP contribution in [0, 0.1) is 0 Å². The Morgan fingerprint density at radius 1 is 1.29 bits per heavy atom. The molecule has 7 heteroatoms. The van der Waals surface area contributed by atoms with E-state index in [9.17, 15) is 20.1 Å². The lowest BCUT2D eigenvalue weighted by Gasteiger charge is -2.34. The predicted molar refractivity (Wildman–Crippen MR) is 107 cm³/mol. The monoisotopic (exact) mass is 402 g/mol. The number of hydrogen-bond acceptors (Lipinski definition) is 6. The normalized spacial score (nSPS) is 21.0. The van der Waals surface area contributed by atoms with E-state index in [0.717, 1.165) is 6.07 Å². The van der Waals surface area contributed by atoms with Gasteiger partial charge in [-0.15, -0.1) is 0 Å². The van der Waals surface area contributed by atoms with Gasteiger partial charge in [0.25, 0.3) is 0 Å². The lowest BCUT2D eigenvalue weighted by molar-refractivity contribution is 0.0630. The summed E-state index contributed by atoms with van der Waals surface area (Å²) < 4.78 is 13.8. The number of benzene rings is 2. The molecule has 4 rings (SSSR count). The fraction of sp³-hybridized carbons (Fsp3) is 0.286. The number of nitrogens with zero attached hydrogens (tertiary/aromatic N) is 1. The van der Waals surface area contributed by atoms with Gasteiger partial charge in [-0.2, -0.15) is 0 Å². The number of aliphatic hydroxyl groups excluding tert-OH is 1. The average molecular weight is 403 g/mol. The van der Waals surface area contributed by atoms with Gasteiger partial charge in [0.15, 0.2) is 5.43 Å². The van der Waals surface area contributed by atoms with Crippen molar-refractivity contribution in [3.8, 4) is 22.8 Å². The van der Waals surface area contributed by atoms with E-state index in [1.165, 1.54) is 12.1 Å². The fourth-order valence-electron chi connectivity index (χ4n) is 3.85. The molecule has 2 unspecified atom stereocenters. The van der Waals surface area contributed by atoms with Gasteiger partial charge in [-0.3, -0.25) is 4.79 Å². The third-order valence-corrected chi connectivity index (χ3v) is 5.54. The maximum Gasteiger partial charge on any atom is 0.197 e. The Bertz CT molecular complexity index is 1160. The van der Waals surface area contributed by atoms with Crippen molar-refractivity contribution in [1.29, 1.82) is 0 Å². The Labute approximate surface area is 167 Å². The molecule has 0 amide bonds. The summed E-state index contributed by atoms with van der Waals surface area (Å²) in [4.78, 5) is 14.8. The van der Waals surface area contributed by atoms with Crippen molar-refractivity contribution in [2.75, 3.05) is 20.1 Å². The Kier molecular flexibility index (Phi) is 4.47. The number of likely N-dealkylation sites (tertiary alicyclic amines) is 1. The highest BCUT2D eigenvalue weighted by Gasteiger charge is 2.33. The summed E-state index contributed by atoms with van der Waals surface area (Å²) in [5, 5.41) is 31.5. The van der Waals surface area contributed by atoms with Crippen LogP contribution in [0.3, 0.4) is 0 Å². The van der Waals surface area contributed by atoms with Crippen LogP contribution in [0.25, 0.3) is 22.3 Å². The molecule has 0 spiro atoms. The molecule has 28 heavy (non-hydrogen) atoms. The summed E-state index contributed by atoms with van der Waals surface area (Å²) in [6.45, 7) is 1.10. The van der Waals surface area contributed by atoms with Crippen LogP contribution in [0.1, 0.15) is 19.3 Å². The summed E-state index contributed by atoms with van der Waals surface area (Å²) in [7, 11) is 1.89. The van der Waals surface area contributed by atoms with Crippen molar-refractivity contribution in [1.82, 2.24) is 4.90 Å². The number of rotatable bonds is 2. The molecule has 3 N–H and O–H groups in total. The molecular formula is C21H20ClNO5. The van der Waals surface area contributed by atoms with Gasteiger partial charge in [-0.1, -0.05) is 23.7 Å². The van der Waals surface area contributed by atoms with Crippen LogP contribution in [-0.4, -0.2) is 46.5 Å². The van der Waals surface area contributed by atoms with Gasteiger partial charge in [0.2, 0.25) is 0 Å². The summed E-state index contributed by atoms with van der Waals surface area (Å²) in [5.41, 5.74) is 0.158. The number of aromatic hydroxyl groups is 2. The van der Waals surface area contributed by atoms with Crippen LogP contribution in [0.5, 0.6) is 11.5 Å². The summed E-state index contributed by atoms with van der Waals surface area (Å²) in [5.74, 6) is -0.991. The second-order valence-corrected chi connectivity index (χ2v) is 7.51. The number of aliphatic hydroxyl groups is 1. The molecule has 1 aliphatic heterocycles. The quantitative estimate of drug-likeness (QED) is 0.609. The first-order valence-corrected chi connectivity index (χ1v) is 9.30. The highest BCUT2D eigenvalue weighted by Crippen LogP contribution is 2.42. The minimum atomic E-state index is -0.776. The van der Waals surface area contributed by atoms with E-state index >= 15 is 0 Å². The molecule has 0 radical (unpaired) electrons. The van der Waals surface area contributed by atoms with Crippen LogP contribution in [0.15, 0.2) is 45.6 Å². The van der Waals surface area contributed by atoms with Gasteiger partial charge in [0.1, 0.15) is 28.2 Å². The third kappa shape index (κ3) is 3.13. The molecule has 146 valence electrons. The topological polar surface area (TPSA) is 94.1 Å². The van der Waals surface area contributed by atoms with E-state index in [4.69, 9.17) is 17.4 Å². The molecule has 2 heterocycles. The van der Waals surface area contributed by atoms with Crippen molar-refractivity contribution < 1.29 is 21.1 Å². The first-order chi connectivity index (χ1) is 13.8. The molecule has 0 saturated carbocycles. The second kappa shape index (κ2) is 7.13. The molecule has 1 saturated heterocycles. The average Bonchev–Trinajstić information content (AvgIpc) is 2.64. The van der Waals surface area contributed by atoms with E-state index in [2.05, 4.69) is 0 Å². The van der Waals surface area contributed by atoms with Gasteiger partial charge in [-0.05, 0) is 32.1 Å². The highest BCUT2D eigenvalue weighted by atomic mass is 35.5. The maximum absolute atomic E-state index is 12.8. The van der Waals surface area contributed by atoms with Gasteiger partial charge in [-0.25, -0.2) is 0 Å². The Morgan fingerprint density at radius 2 is 2.07 bits per heavy atom. The minimum Gasteiger partial charge on any atom is -0.507 e. The molecule has 1 aromatic heterocycles. The largest absolute Gasteiger partial charge is 0.507 e. The third-order valence-electron chi connectivity index (χ3n) is 5.22. The number of likely N-dealkylation sites (N-methyl/N-ethyl adjacent to an activating group) is 1. The lowest BCUT2D eigenvalue weighted by atomic mass is 9.85. The molecule has 2 atom stereocenters. The van der Waals surface area contributed by atoms with E-state index in [1.54, 1.807) is 12.1 Å². The number of phenolic OH excluding ortho intramolecular Hbond substituents is 2. The van der Waals surface area contributed by atoms with Crippen molar-refractivity contribution in [2.45, 2.75) is 18.4 Å². The van der Waals surface area contributed by atoms with Crippen molar-refractivity contribution >= 4 is 22.6 Å². The van der Waals surface area contributed by atoms with Crippen LogP contribution in [-0.2, 0) is 0 Å². The first kappa shape index (κ1) is 17.6.